The highest BCUT2D eigenvalue weighted by molar-refractivity contribution is 5.44. The molecule has 1 nitrogen and oxygen atoms in total. The van der Waals surface area contributed by atoms with Crippen LogP contribution in [0.15, 0.2) is 30.3 Å². The third-order valence-corrected chi connectivity index (χ3v) is 2.88. The van der Waals surface area contributed by atoms with E-state index in [9.17, 15) is 0 Å². The second kappa shape index (κ2) is 9.59. The molecule has 0 aliphatic carbocycles. The minimum atomic E-state index is 0.225. The molecule has 98 valence electrons. The maximum Gasteiger partial charge on any atom is 0.0848 e. The largest absolute Gasteiger partial charge is 0.372 e. The van der Waals surface area contributed by atoms with Crippen LogP contribution >= 0.6 is 0 Å². The van der Waals surface area contributed by atoms with Gasteiger partial charge in [-0.05, 0) is 25.5 Å². The van der Waals surface area contributed by atoms with Crippen molar-refractivity contribution < 1.29 is 0 Å². The van der Waals surface area contributed by atoms with Crippen molar-refractivity contribution in [2.24, 2.45) is 0 Å². The van der Waals surface area contributed by atoms with Gasteiger partial charge in [0.25, 0.3) is 0 Å². The number of hydrogen-bond acceptors (Lipinski definition) is 1. The molecule has 1 aromatic carbocycles. The highest BCUT2D eigenvalue weighted by Crippen LogP contribution is 2.07. The van der Waals surface area contributed by atoms with Gasteiger partial charge in [0.05, 0.1) is 6.04 Å². The predicted molar refractivity (Wildman–Crippen MR) is 80.7 cm³/mol. The zero-order valence-corrected chi connectivity index (χ0v) is 11.7. The van der Waals surface area contributed by atoms with Gasteiger partial charge in [0.15, 0.2) is 0 Å². The van der Waals surface area contributed by atoms with Gasteiger partial charge in [0.1, 0.15) is 0 Å². The Morgan fingerprint density at radius 1 is 1.06 bits per heavy atom. The monoisotopic (exact) mass is 243 g/mol. The Bertz CT molecular complexity index is 358. The summed E-state index contributed by atoms with van der Waals surface area (Å²) in [6, 6.07) is 10.5. The van der Waals surface area contributed by atoms with Gasteiger partial charge in [-0.2, -0.15) is 0 Å². The lowest BCUT2D eigenvalue weighted by atomic mass is 10.1. The molecule has 0 spiro atoms. The van der Waals surface area contributed by atoms with E-state index in [1.807, 2.05) is 18.2 Å². The number of hydrogen-bond donors (Lipinski definition) is 1. The summed E-state index contributed by atoms with van der Waals surface area (Å²) in [6.45, 7) is 4.35. The lowest BCUT2D eigenvalue weighted by Crippen LogP contribution is -2.11. The molecule has 0 radical (unpaired) electrons. The average Bonchev–Trinajstić information content (AvgIpc) is 2.39. The molecule has 0 aliphatic heterocycles. The molecule has 1 heteroatoms. The summed E-state index contributed by atoms with van der Waals surface area (Å²) < 4.78 is 0. The fourth-order valence-electron chi connectivity index (χ4n) is 1.86. The van der Waals surface area contributed by atoms with Crippen LogP contribution in [0.25, 0.3) is 0 Å². The van der Waals surface area contributed by atoms with Crippen molar-refractivity contribution >= 4 is 5.69 Å². The SMILES string of the molecule is CCCCCCCC#C[C@@H](C)Nc1ccccc1. The van der Waals surface area contributed by atoms with Crippen molar-refractivity contribution in [3.63, 3.8) is 0 Å². The van der Waals surface area contributed by atoms with E-state index in [2.05, 4.69) is 43.1 Å². The lowest BCUT2D eigenvalue weighted by molar-refractivity contribution is 0.641. The molecule has 1 rings (SSSR count). The molecule has 0 fully saturated rings. The Morgan fingerprint density at radius 3 is 2.50 bits per heavy atom. The Hall–Kier alpha value is -1.42. The molecule has 0 saturated carbocycles. The van der Waals surface area contributed by atoms with Gasteiger partial charge in [-0.25, -0.2) is 0 Å². The first-order chi connectivity index (χ1) is 8.83. The van der Waals surface area contributed by atoms with Crippen LogP contribution in [0, 0.1) is 11.8 Å². The number of nitrogens with one attached hydrogen (secondary N) is 1. The van der Waals surface area contributed by atoms with E-state index < -0.39 is 0 Å². The summed E-state index contributed by atoms with van der Waals surface area (Å²) in [5.41, 5.74) is 1.14. The summed E-state index contributed by atoms with van der Waals surface area (Å²) in [4.78, 5) is 0. The Morgan fingerprint density at radius 2 is 1.78 bits per heavy atom. The van der Waals surface area contributed by atoms with Gasteiger partial charge in [-0.3, -0.25) is 0 Å². The summed E-state index contributed by atoms with van der Waals surface area (Å²) in [7, 11) is 0. The van der Waals surface area contributed by atoms with E-state index in [4.69, 9.17) is 0 Å². The Kier molecular flexibility index (Phi) is 7.80. The topological polar surface area (TPSA) is 12.0 Å². The predicted octanol–water partition coefficient (Wildman–Crippen LogP) is 4.85. The number of rotatable bonds is 7. The highest BCUT2D eigenvalue weighted by Gasteiger charge is 1.95. The maximum absolute atomic E-state index is 3.38. The number of para-hydroxylation sites is 1. The van der Waals surface area contributed by atoms with E-state index in [0.29, 0.717) is 0 Å². The number of anilines is 1. The van der Waals surface area contributed by atoms with E-state index in [-0.39, 0.29) is 6.04 Å². The standard InChI is InChI=1S/C17H25N/c1-3-4-5-6-7-8-10-13-16(2)18-17-14-11-9-12-15-17/h9,11-12,14-16,18H,3-8H2,1-2H3/t16-/m1/s1. The second-order valence-corrected chi connectivity index (χ2v) is 4.72. The van der Waals surface area contributed by atoms with Crippen LogP contribution in [-0.4, -0.2) is 6.04 Å². The summed E-state index contributed by atoms with van der Waals surface area (Å²) in [6.07, 6.45) is 7.62. The molecule has 18 heavy (non-hydrogen) atoms. The molecule has 0 amide bonds. The Labute approximate surface area is 112 Å². The zero-order chi connectivity index (χ0) is 13.1. The smallest absolute Gasteiger partial charge is 0.0848 e. The number of unbranched alkanes of at least 4 members (excludes halogenated alkanes) is 5. The van der Waals surface area contributed by atoms with Gasteiger partial charge >= 0.3 is 0 Å². The Balaban J connectivity index is 2.14. The van der Waals surface area contributed by atoms with Gasteiger partial charge in [-0.15, -0.1) is 5.92 Å². The minimum absolute atomic E-state index is 0.225. The van der Waals surface area contributed by atoms with Crippen LogP contribution in [0.3, 0.4) is 0 Å². The van der Waals surface area contributed by atoms with Gasteiger partial charge in [0.2, 0.25) is 0 Å². The quantitative estimate of drug-likeness (QED) is 0.533. The van der Waals surface area contributed by atoms with Crippen LogP contribution in [0.5, 0.6) is 0 Å². The summed E-state index contributed by atoms with van der Waals surface area (Å²) in [5.74, 6) is 6.53. The van der Waals surface area contributed by atoms with Crippen LogP contribution in [0.2, 0.25) is 0 Å². The molecule has 1 N–H and O–H groups in total. The van der Waals surface area contributed by atoms with Crippen molar-refractivity contribution in [1.29, 1.82) is 0 Å². The third kappa shape index (κ3) is 7.01. The first-order valence-corrected chi connectivity index (χ1v) is 7.13. The number of benzene rings is 1. The molecule has 0 bridgehead atoms. The van der Waals surface area contributed by atoms with Gasteiger partial charge in [0, 0.05) is 12.1 Å². The summed E-state index contributed by atoms with van der Waals surface area (Å²) >= 11 is 0. The second-order valence-electron chi connectivity index (χ2n) is 4.72. The molecule has 1 aromatic rings. The third-order valence-electron chi connectivity index (χ3n) is 2.88. The van der Waals surface area contributed by atoms with E-state index in [1.54, 1.807) is 0 Å². The van der Waals surface area contributed by atoms with E-state index >= 15 is 0 Å². The highest BCUT2D eigenvalue weighted by atomic mass is 14.9. The van der Waals surface area contributed by atoms with Crippen LogP contribution in [-0.2, 0) is 0 Å². The molecular formula is C17H25N. The van der Waals surface area contributed by atoms with Crippen LogP contribution < -0.4 is 5.32 Å². The first kappa shape index (κ1) is 14.6. The maximum atomic E-state index is 3.38. The minimum Gasteiger partial charge on any atom is -0.372 e. The molecule has 1 atom stereocenters. The fraction of sp³-hybridized carbons (Fsp3) is 0.529. The van der Waals surface area contributed by atoms with Crippen LogP contribution in [0.1, 0.15) is 52.4 Å². The first-order valence-electron chi connectivity index (χ1n) is 7.13. The molecule has 0 unspecified atom stereocenters. The van der Waals surface area contributed by atoms with Crippen molar-refractivity contribution in [2.45, 2.75) is 58.4 Å². The van der Waals surface area contributed by atoms with E-state index in [1.165, 1.54) is 32.1 Å². The van der Waals surface area contributed by atoms with Crippen molar-refractivity contribution in [2.75, 3.05) is 5.32 Å². The van der Waals surface area contributed by atoms with Crippen molar-refractivity contribution in [1.82, 2.24) is 0 Å². The van der Waals surface area contributed by atoms with Gasteiger partial charge in [-0.1, -0.05) is 56.7 Å². The fourth-order valence-corrected chi connectivity index (χ4v) is 1.86. The molecular weight excluding hydrogens is 218 g/mol. The molecule has 0 saturated heterocycles. The lowest BCUT2D eigenvalue weighted by Gasteiger charge is -2.08. The van der Waals surface area contributed by atoms with Crippen LogP contribution in [0.4, 0.5) is 5.69 Å². The molecule has 0 heterocycles. The molecule has 0 aromatic heterocycles. The molecule has 0 aliphatic rings. The summed E-state index contributed by atoms with van der Waals surface area (Å²) in [5, 5.41) is 3.38. The average molecular weight is 243 g/mol. The van der Waals surface area contributed by atoms with Crippen molar-refractivity contribution in [3.8, 4) is 11.8 Å². The normalized spacial score (nSPS) is 11.4. The zero-order valence-electron chi connectivity index (χ0n) is 11.7. The van der Waals surface area contributed by atoms with E-state index in [0.717, 1.165) is 12.1 Å². The van der Waals surface area contributed by atoms with Gasteiger partial charge < -0.3 is 5.32 Å². The van der Waals surface area contributed by atoms with Crippen molar-refractivity contribution in [3.05, 3.63) is 30.3 Å².